The fraction of sp³-hybridized carbons (Fsp3) is 0.0455. The number of benzene rings is 3. The predicted molar refractivity (Wildman–Crippen MR) is 123 cm³/mol. The molecule has 0 saturated carbocycles. The molecule has 0 radical (unpaired) electrons. The van der Waals surface area contributed by atoms with Gasteiger partial charge in [0.1, 0.15) is 6.54 Å². The molecule has 0 atom stereocenters. The first-order valence-electron chi connectivity index (χ1n) is 9.05. The molecule has 0 spiro atoms. The number of nitrogens with zero attached hydrogens (tertiary/aromatic N) is 2. The molecule has 3 aromatic rings. The molecule has 0 fully saturated rings. The van der Waals surface area contributed by atoms with Crippen LogP contribution < -0.4 is 10.8 Å². The molecule has 1 aliphatic rings. The molecule has 30 heavy (non-hydrogen) atoms. The zero-order chi connectivity index (χ0) is 20.9. The highest BCUT2D eigenvalue weighted by Gasteiger charge is 2.17. The molecule has 2 N–H and O–H groups in total. The lowest BCUT2D eigenvalue weighted by atomic mass is 10.0. The van der Waals surface area contributed by atoms with E-state index in [2.05, 4.69) is 36.7 Å². The standard InChI is InChI=1S/C22H16BrClN4O2/c23-15-7-4-8-17(11-15)26-22(29)30-28-20-13-25-21(14-5-2-1-3-6-14)18-12-16(24)9-10-19(18)27-20/h1-12H,13H2,(H,26,29)(H,27,28). The number of hydroxylamine groups is 1. The Bertz CT molecular complexity index is 1150. The van der Waals surface area contributed by atoms with Crippen LogP contribution in [0.2, 0.25) is 5.02 Å². The first kappa shape index (κ1) is 20.1. The highest BCUT2D eigenvalue weighted by atomic mass is 79.9. The lowest BCUT2D eigenvalue weighted by Gasteiger charge is -2.09. The number of hydrogen-bond acceptors (Lipinski definition) is 5. The largest absolute Gasteiger partial charge is 0.435 e. The monoisotopic (exact) mass is 482 g/mol. The summed E-state index contributed by atoms with van der Waals surface area (Å²) in [6.45, 7) is 0.209. The number of carbonyl (C=O) groups excluding carboxylic acids is 1. The fourth-order valence-electron chi connectivity index (χ4n) is 2.93. The second kappa shape index (κ2) is 9.11. The Labute approximate surface area is 186 Å². The van der Waals surface area contributed by atoms with Crippen molar-refractivity contribution in [3.8, 4) is 0 Å². The van der Waals surface area contributed by atoms with E-state index in [4.69, 9.17) is 16.4 Å². The number of nitrogens with one attached hydrogen (secondary N) is 2. The van der Waals surface area contributed by atoms with Gasteiger partial charge in [-0.05, 0) is 36.4 Å². The molecule has 1 heterocycles. The summed E-state index contributed by atoms with van der Waals surface area (Å²) in [7, 11) is 0. The molecule has 1 aliphatic heterocycles. The minimum Gasteiger partial charge on any atom is -0.323 e. The smallest absolute Gasteiger partial charge is 0.323 e. The van der Waals surface area contributed by atoms with Crippen molar-refractivity contribution in [1.29, 1.82) is 0 Å². The maximum Gasteiger partial charge on any atom is 0.435 e. The van der Waals surface area contributed by atoms with E-state index < -0.39 is 6.09 Å². The third-order valence-electron chi connectivity index (χ3n) is 4.24. The van der Waals surface area contributed by atoms with Gasteiger partial charge < -0.3 is 4.84 Å². The zero-order valence-corrected chi connectivity index (χ0v) is 17.9. The van der Waals surface area contributed by atoms with Crippen LogP contribution in [0.1, 0.15) is 11.1 Å². The molecule has 8 heteroatoms. The van der Waals surface area contributed by atoms with Crippen molar-refractivity contribution in [2.75, 3.05) is 11.9 Å². The topological polar surface area (TPSA) is 75.1 Å². The van der Waals surface area contributed by atoms with Gasteiger partial charge in [0, 0.05) is 26.3 Å². The normalized spacial score (nSPS) is 12.7. The van der Waals surface area contributed by atoms with E-state index in [1.54, 1.807) is 18.2 Å². The summed E-state index contributed by atoms with van der Waals surface area (Å²) in [5.74, 6) is 0.397. The van der Waals surface area contributed by atoms with Crippen molar-refractivity contribution in [2.24, 2.45) is 9.98 Å². The van der Waals surface area contributed by atoms with Gasteiger partial charge in [-0.2, -0.15) is 0 Å². The molecule has 150 valence electrons. The van der Waals surface area contributed by atoms with E-state index in [0.29, 0.717) is 22.2 Å². The van der Waals surface area contributed by atoms with Gasteiger partial charge in [0.05, 0.1) is 11.4 Å². The number of amidine groups is 1. The van der Waals surface area contributed by atoms with Crippen LogP contribution in [0.4, 0.5) is 16.2 Å². The second-order valence-electron chi connectivity index (χ2n) is 6.38. The second-order valence-corrected chi connectivity index (χ2v) is 7.73. The van der Waals surface area contributed by atoms with Crippen molar-refractivity contribution >= 4 is 56.5 Å². The minimum absolute atomic E-state index is 0.209. The van der Waals surface area contributed by atoms with E-state index in [1.165, 1.54) is 0 Å². The fourth-order valence-corrected chi connectivity index (χ4v) is 3.50. The van der Waals surface area contributed by atoms with Crippen molar-refractivity contribution < 1.29 is 9.63 Å². The zero-order valence-electron chi connectivity index (χ0n) is 15.6. The maximum absolute atomic E-state index is 12.1. The number of anilines is 1. The van der Waals surface area contributed by atoms with Crippen molar-refractivity contribution in [1.82, 2.24) is 5.48 Å². The van der Waals surface area contributed by atoms with Gasteiger partial charge in [0.15, 0.2) is 5.84 Å². The van der Waals surface area contributed by atoms with Crippen molar-refractivity contribution in [3.05, 3.63) is 93.4 Å². The number of fused-ring (bicyclic) bond motifs is 1. The number of carbonyl (C=O) groups is 1. The molecule has 0 saturated heterocycles. The summed E-state index contributed by atoms with van der Waals surface area (Å²) < 4.78 is 0.847. The first-order valence-corrected chi connectivity index (χ1v) is 10.2. The average molecular weight is 484 g/mol. The molecule has 3 aromatic carbocycles. The van der Waals surface area contributed by atoms with E-state index in [-0.39, 0.29) is 6.54 Å². The minimum atomic E-state index is -0.663. The molecule has 4 rings (SSSR count). The third-order valence-corrected chi connectivity index (χ3v) is 4.96. The van der Waals surface area contributed by atoms with Gasteiger partial charge in [-0.15, -0.1) is 0 Å². The van der Waals surface area contributed by atoms with Gasteiger partial charge in [-0.1, -0.05) is 63.9 Å². The van der Waals surface area contributed by atoms with E-state index in [9.17, 15) is 4.79 Å². The van der Waals surface area contributed by atoms with Crippen molar-refractivity contribution in [3.63, 3.8) is 0 Å². The molecule has 6 nitrogen and oxygen atoms in total. The molecule has 0 unspecified atom stereocenters. The summed E-state index contributed by atoms with van der Waals surface area (Å²) in [5, 5.41) is 3.23. The summed E-state index contributed by atoms with van der Waals surface area (Å²) in [6.07, 6.45) is -0.663. The number of hydrogen-bond donors (Lipinski definition) is 2. The van der Waals surface area contributed by atoms with E-state index in [0.717, 1.165) is 21.3 Å². The van der Waals surface area contributed by atoms with Crippen LogP contribution in [-0.2, 0) is 4.84 Å². The summed E-state index contributed by atoms with van der Waals surface area (Å²) in [6, 6.07) is 22.4. The number of rotatable bonds is 2. The van der Waals surface area contributed by atoms with Crippen LogP contribution in [0.25, 0.3) is 0 Å². The van der Waals surface area contributed by atoms with Crippen LogP contribution >= 0.6 is 27.5 Å². The van der Waals surface area contributed by atoms with Gasteiger partial charge in [-0.3, -0.25) is 10.3 Å². The molecule has 1 amide bonds. The molecular weight excluding hydrogens is 468 g/mol. The Morgan fingerprint density at radius 3 is 2.67 bits per heavy atom. The Kier molecular flexibility index (Phi) is 6.11. The first-order chi connectivity index (χ1) is 14.6. The van der Waals surface area contributed by atoms with Gasteiger partial charge in [-0.25, -0.2) is 15.3 Å². The maximum atomic E-state index is 12.1. The predicted octanol–water partition coefficient (Wildman–Crippen LogP) is 5.74. The number of halogens is 2. The van der Waals surface area contributed by atoms with Crippen LogP contribution in [0.15, 0.2) is 87.3 Å². The van der Waals surface area contributed by atoms with E-state index >= 15 is 0 Å². The van der Waals surface area contributed by atoms with Gasteiger partial charge in [0.2, 0.25) is 0 Å². The Balaban J connectivity index is 1.53. The lowest BCUT2D eigenvalue weighted by molar-refractivity contribution is 0.134. The highest BCUT2D eigenvalue weighted by molar-refractivity contribution is 9.10. The summed E-state index contributed by atoms with van der Waals surface area (Å²) in [4.78, 5) is 26.5. The third kappa shape index (κ3) is 4.87. The van der Waals surface area contributed by atoms with Crippen LogP contribution in [-0.4, -0.2) is 24.2 Å². The van der Waals surface area contributed by atoms with Crippen molar-refractivity contribution in [2.45, 2.75) is 0 Å². The van der Waals surface area contributed by atoms with Crippen LogP contribution in [0, 0.1) is 0 Å². The van der Waals surface area contributed by atoms with Gasteiger partial charge in [0.25, 0.3) is 0 Å². The average Bonchev–Trinajstić information content (AvgIpc) is 2.92. The van der Waals surface area contributed by atoms with Crippen LogP contribution in [0.3, 0.4) is 0 Å². The molecule has 0 aromatic heterocycles. The quantitative estimate of drug-likeness (QED) is 0.457. The summed E-state index contributed by atoms with van der Waals surface area (Å²) >= 11 is 9.57. The SMILES string of the molecule is O=C(Nc1cccc(Br)c1)ONC1=Nc2ccc(Cl)cc2C(c2ccccc2)=NC1. The highest BCUT2D eigenvalue weighted by Crippen LogP contribution is 2.28. The Morgan fingerprint density at radius 2 is 1.87 bits per heavy atom. The molecule has 0 aliphatic carbocycles. The number of aliphatic imine (C=N–C) groups is 2. The Morgan fingerprint density at radius 1 is 1.03 bits per heavy atom. The van der Waals surface area contributed by atoms with E-state index in [1.807, 2.05) is 54.6 Å². The Hall–Kier alpha value is -3.16. The van der Waals surface area contributed by atoms with Gasteiger partial charge >= 0.3 is 6.09 Å². The van der Waals surface area contributed by atoms with Crippen LogP contribution in [0.5, 0.6) is 0 Å². The molecule has 0 bridgehead atoms. The summed E-state index contributed by atoms with van der Waals surface area (Å²) in [5.41, 5.74) is 6.42. The molecular formula is C22H16BrClN4O2. The lowest BCUT2D eigenvalue weighted by Crippen LogP contribution is -2.31. The number of amides is 1.